The monoisotopic (exact) mass is 356 g/mol. The fraction of sp³-hybridized carbons (Fsp3) is 0.353. The molecule has 1 unspecified atom stereocenters. The van der Waals surface area contributed by atoms with Crippen molar-refractivity contribution in [3.8, 4) is 11.3 Å². The first-order valence-corrected chi connectivity index (χ1v) is 9.09. The second-order valence-electron chi connectivity index (χ2n) is 6.13. The quantitative estimate of drug-likeness (QED) is 0.694. The smallest absolute Gasteiger partial charge is 0.197 e. The molecule has 0 bridgehead atoms. The van der Waals surface area contributed by atoms with Crippen molar-refractivity contribution in [1.82, 2.24) is 24.3 Å². The molecule has 1 aromatic carbocycles. The average Bonchev–Trinajstić information content (AvgIpc) is 3.07. The van der Waals surface area contributed by atoms with E-state index < -0.39 is 0 Å². The van der Waals surface area contributed by atoms with E-state index in [9.17, 15) is 0 Å². The molecule has 130 valence electrons. The van der Waals surface area contributed by atoms with Crippen LogP contribution in [0.25, 0.3) is 16.9 Å². The first-order valence-electron chi connectivity index (χ1n) is 8.28. The molecule has 1 aliphatic heterocycles. The van der Waals surface area contributed by atoms with Crippen molar-refractivity contribution in [2.45, 2.75) is 30.7 Å². The SMILES string of the molecule is Cc1ccc(SNC2CCCOC2)cc1-c1cnc2c(N)ncnn12. The molecule has 25 heavy (non-hydrogen) atoms. The number of hydrogen-bond acceptors (Lipinski definition) is 7. The van der Waals surface area contributed by atoms with Gasteiger partial charge in [-0.25, -0.2) is 14.5 Å². The number of nitrogen functional groups attached to an aromatic ring is 1. The summed E-state index contributed by atoms with van der Waals surface area (Å²) in [6.07, 6.45) is 5.50. The number of aromatic nitrogens is 4. The molecule has 3 aromatic rings. The summed E-state index contributed by atoms with van der Waals surface area (Å²) in [5, 5.41) is 4.29. The molecule has 0 aliphatic carbocycles. The Hall–Kier alpha value is -2.16. The van der Waals surface area contributed by atoms with Crippen LogP contribution in [0.3, 0.4) is 0 Å². The second-order valence-corrected chi connectivity index (χ2v) is 7.05. The Morgan fingerprint density at radius 3 is 3.12 bits per heavy atom. The van der Waals surface area contributed by atoms with Gasteiger partial charge in [-0.2, -0.15) is 5.10 Å². The van der Waals surface area contributed by atoms with Gasteiger partial charge in [0.15, 0.2) is 11.5 Å². The number of fused-ring (bicyclic) bond motifs is 1. The number of rotatable bonds is 4. The second kappa shape index (κ2) is 6.99. The van der Waals surface area contributed by atoms with E-state index in [4.69, 9.17) is 10.5 Å². The predicted molar refractivity (Wildman–Crippen MR) is 98.2 cm³/mol. The van der Waals surface area contributed by atoms with E-state index >= 15 is 0 Å². The summed E-state index contributed by atoms with van der Waals surface area (Å²) in [4.78, 5) is 9.49. The molecule has 2 aromatic heterocycles. The number of nitrogens with two attached hydrogens (primary N) is 1. The number of anilines is 1. The minimum atomic E-state index is 0.378. The summed E-state index contributed by atoms with van der Waals surface area (Å²) < 4.78 is 10.8. The van der Waals surface area contributed by atoms with E-state index in [1.54, 1.807) is 22.7 Å². The van der Waals surface area contributed by atoms with Gasteiger partial charge < -0.3 is 10.5 Å². The van der Waals surface area contributed by atoms with E-state index in [1.807, 2.05) is 0 Å². The van der Waals surface area contributed by atoms with Gasteiger partial charge in [-0.3, -0.25) is 4.72 Å². The lowest BCUT2D eigenvalue weighted by molar-refractivity contribution is 0.0783. The number of imidazole rings is 1. The molecule has 4 rings (SSSR count). The predicted octanol–water partition coefficient (Wildman–Crippen LogP) is 2.46. The third-order valence-electron chi connectivity index (χ3n) is 4.32. The van der Waals surface area contributed by atoms with Crippen LogP contribution in [0.5, 0.6) is 0 Å². The van der Waals surface area contributed by atoms with Crippen LogP contribution < -0.4 is 10.5 Å². The van der Waals surface area contributed by atoms with Gasteiger partial charge in [0.25, 0.3) is 0 Å². The zero-order chi connectivity index (χ0) is 17.2. The van der Waals surface area contributed by atoms with Crippen molar-refractivity contribution in [2.75, 3.05) is 18.9 Å². The molecule has 3 N–H and O–H groups in total. The molecule has 8 heteroatoms. The number of benzene rings is 1. The summed E-state index contributed by atoms with van der Waals surface area (Å²) in [5.74, 6) is 0.378. The summed E-state index contributed by atoms with van der Waals surface area (Å²) >= 11 is 1.64. The summed E-state index contributed by atoms with van der Waals surface area (Å²) in [6.45, 7) is 3.72. The molecule has 0 radical (unpaired) electrons. The molecule has 1 atom stereocenters. The van der Waals surface area contributed by atoms with E-state index in [0.29, 0.717) is 17.5 Å². The van der Waals surface area contributed by atoms with Crippen molar-refractivity contribution in [3.63, 3.8) is 0 Å². The van der Waals surface area contributed by atoms with Crippen LogP contribution in [-0.4, -0.2) is 38.8 Å². The number of ether oxygens (including phenoxy) is 1. The van der Waals surface area contributed by atoms with E-state index in [-0.39, 0.29) is 0 Å². The zero-order valence-corrected chi connectivity index (χ0v) is 14.8. The van der Waals surface area contributed by atoms with Gasteiger partial charge in [-0.15, -0.1) is 0 Å². The maximum Gasteiger partial charge on any atom is 0.197 e. The van der Waals surface area contributed by atoms with Crippen LogP contribution in [0.15, 0.2) is 35.6 Å². The molecule has 1 saturated heterocycles. The lowest BCUT2D eigenvalue weighted by Gasteiger charge is -2.22. The lowest BCUT2D eigenvalue weighted by Crippen LogP contribution is -2.32. The van der Waals surface area contributed by atoms with Crippen molar-refractivity contribution >= 4 is 23.4 Å². The Balaban J connectivity index is 1.61. The molecule has 1 aliphatic rings. The first-order chi connectivity index (χ1) is 12.2. The average molecular weight is 356 g/mol. The van der Waals surface area contributed by atoms with Crippen LogP contribution in [0.2, 0.25) is 0 Å². The van der Waals surface area contributed by atoms with E-state index in [0.717, 1.165) is 47.8 Å². The van der Waals surface area contributed by atoms with Gasteiger partial charge in [-0.1, -0.05) is 6.07 Å². The number of nitrogens with zero attached hydrogens (tertiary/aromatic N) is 4. The Morgan fingerprint density at radius 2 is 2.28 bits per heavy atom. The molecule has 0 spiro atoms. The lowest BCUT2D eigenvalue weighted by atomic mass is 10.1. The first kappa shape index (κ1) is 16.3. The van der Waals surface area contributed by atoms with Gasteiger partial charge in [0, 0.05) is 23.1 Å². The highest BCUT2D eigenvalue weighted by molar-refractivity contribution is 7.97. The van der Waals surface area contributed by atoms with Gasteiger partial charge in [0.2, 0.25) is 0 Å². The summed E-state index contributed by atoms with van der Waals surface area (Å²) in [6, 6.07) is 6.78. The molecule has 3 heterocycles. The molecular formula is C17H20N6OS. The Bertz CT molecular complexity index is 890. The molecule has 0 amide bonds. The zero-order valence-electron chi connectivity index (χ0n) is 14.0. The normalized spacial score (nSPS) is 17.9. The molecule has 7 nitrogen and oxygen atoms in total. The minimum Gasteiger partial charge on any atom is -0.381 e. The van der Waals surface area contributed by atoms with Crippen LogP contribution in [-0.2, 0) is 4.74 Å². The molecule has 1 fully saturated rings. The minimum absolute atomic E-state index is 0.378. The van der Waals surface area contributed by atoms with Crippen LogP contribution in [0.1, 0.15) is 18.4 Å². The Morgan fingerprint density at radius 1 is 1.36 bits per heavy atom. The van der Waals surface area contributed by atoms with Crippen LogP contribution in [0, 0.1) is 6.92 Å². The molecule has 0 saturated carbocycles. The number of nitrogens with one attached hydrogen (secondary N) is 1. The highest BCUT2D eigenvalue weighted by Crippen LogP contribution is 2.29. The summed E-state index contributed by atoms with van der Waals surface area (Å²) in [5.41, 5.74) is 9.61. The van der Waals surface area contributed by atoms with Gasteiger partial charge >= 0.3 is 0 Å². The van der Waals surface area contributed by atoms with Crippen molar-refractivity contribution in [2.24, 2.45) is 0 Å². The van der Waals surface area contributed by atoms with Gasteiger partial charge in [0.05, 0.1) is 18.5 Å². The highest BCUT2D eigenvalue weighted by atomic mass is 32.2. The third kappa shape index (κ3) is 3.33. The Kier molecular flexibility index (Phi) is 4.56. The maximum absolute atomic E-state index is 5.89. The van der Waals surface area contributed by atoms with Crippen molar-refractivity contribution in [1.29, 1.82) is 0 Å². The van der Waals surface area contributed by atoms with E-state index in [1.165, 1.54) is 6.33 Å². The van der Waals surface area contributed by atoms with Gasteiger partial charge in [0.1, 0.15) is 6.33 Å². The fourth-order valence-electron chi connectivity index (χ4n) is 2.94. The molecular weight excluding hydrogens is 336 g/mol. The van der Waals surface area contributed by atoms with Gasteiger partial charge in [-0.05, 0) is 49.4 Å². The van der Waals surface area contributed by atoms with Crippen molar-refractivity contribution in [3.05, 3.63) is 36.3 Å². The van der Waals surface area contributed by atoms with Crippen LogP contribution >= 0.6 is 11.9 Å². The summed E-state index contributed by atoms with van der Waals surface area (Å²) in [7, 11) is 0. The topological polar surface area (TPSA) is 90.4 Å². The van der Waals surface area contributed by atoms with E-state index in [2.05, 4.69) is 44.9 Å². The van der Waals surface area contributed by atoms with Crippen molar-refractivity contribution < 1.29 is 4.74 Å². The van der Waals surface area contributed by atoms with Crippen LogP contribution in [0.4, 0.5) is 5.82 Å². The standard InChI is InChI=1S/C17H20N6OS/c1-11-4-5-13(25-22-12-3-2-6-24-9-12)7-14(11)15-8-19-17-16(18)20-10-21-23(15)17/h4-5,7-8,10,12,22H,2-3,6,9H2,1H3,(H2,18,20,21). The largest absolute Gasteiger partial charge is 0.381 e. The third-order valence-corrected chi connectivity index (χ3v) is 5.26. The maximum atomic E-state index is 5.89. The fourth-order valence-corrected chi connectivity index (χ4v) is 3.75. The number of hydrogen-bond donors (Lipinski definition) is 2. The number of aryl methyl sites for hydroxylation is 1. The highest BCUT2D eigenvalue weighted by Gasteiger charge is 2.15. The Labute approximate surface area is 150 Å².